The third-order valence-corrected chi connectivity index (χ3v) is 6.08. The van der Waals surface area contributed by atoms with Crippen molar-refractivity contribution in [2.75, 3.05) is 13.1 Å². The molecular formula is C23H25F3N4O2S. The summed E-state index contributed by atoms with van der Waals surface area (Å²) in [6.45, 7) is 6.49. The van der Waals surface area contributed by atoms with Crippen molar-refractivity contribution < 1.29 is 22.7 Å². The minimum absolute atomic E-state index is 0.141. The first-order chi connectivity index (χ1) is 15.5. The first-order valence-corrected chi connectivity index (χ1v) is 11.1. The minimum Gasteiger partial charge on any atom is -0.407 e. The maximum atomic E-state index is 12.8. The Kier molecular flexibility index (Phi) is 7.80. The van der Waals surface area contributed by atoms with Gasteiger partial charge in [0.2, 0.25) is 5.90 Å². The smallest absolute Gasteiger partial charge is 0.407 e. The summed E-state index contributed by atoms with van der Waals surface area (Å²) in [5.74, 6) is -0.0591. The highest BCUT2D eigenvalue weighted by Crippen LogP contribution is 2.31. The monoisotopic (exact) mass is 478 g/mol. The van der Waals surface area contributed by atoms with Crippen LogP contribution in [0.3, 0.4) is 0 Å². The summed E-state index contributed by atoms with van der Waals surface area (Å²) in [5.41, 5.74) is 4.80. The summed E-state index contributed by atoms with van der Waals surface area (Å²) in [6, 6.07) is 10.3. The molecule has 1 amide bonds. The van der Waals surface area contributed by atoms with Gasteiger partial charge < -0.3 is 10.5 Å². The van der Waals surface area contributed by atoms with Gasteiger partial charge in [-0.2, -0.15) is 18.2 Å². The molecule has 3 rings (SSSR count). The molecule has 2 aromatic carbocycles. The Morgan fingerprint density at radius 3 is 2.36 bits per heavy atom. The molecule has 0 unspecified atom stereocenters. The van der Waals surface area contributed by atoms with Crippen LogP contribution in [-0.4, -0.2) is 35.2 Å². The van der Waals surface area contributed by atoms with E-state index >= 15 is 0 Å². The summed E-state index contributed by atoms with van der Waals surface area (Å²) in [6.07, 6.45) is -3.34. The lowest BCUT2D eigenvalue weighted by molar-refractivity contribution is -0.137. The number of rotatable bonds is 4. The van der Waals surface area contributed by atoms with Crippen LogP contribution in [0.2, 0.25) is 0 Å². The van der Waals surface area contributed by atoms with Crippen molar-refractivity contribution in [1.82, 2.24) is 4.31 Å². The molecule has 10 heteroatoms. The number of piperidine rings is 1. The molecule has 0 radical (unpaired) electrons. The first-order valence-electron chi connectivity index (χ1n) is 10.4. The largest absolute Gasteiger partial charge is 0.416 e. The molecule has 1 aliphatic rings. The van der Waals surface area contributed by atoms with Crippen LogP contribution >= 0.6 is 11.9 Å². The van der Waals surface area contributed by atoms with Gasteiger partial charge in [0.15, 0.2) is 0 Å². The third-order valence-electron chi connectivity index (χ3n) is 5.04. The second-order valence-electron chi connectivity index (χ2n) is 8.17. The van der Waals surface area contributed by atoms with Gasteiger partial charge in [0.1, 0.15) is 0 Å². The number of amidine groups is 1. The molecule has 33 heavy (non-hydrogen) atoms. The first kappa shape index (κ1) is 24.8. The van der Waals surface area contributed by atoms with E-state index in [4.69, 9.17) is 15.9 Å². The van der Waals surface area contributed by atoms with Gasteiger partial charge in [0.05, 0.1) is 5.56 Å². The number of nitrogens with two attached hydrogens (primary N) is 1. The van der Waals surface area contributed by atoms with Gasteiger partial charge in [-0.05, 0) is 72.7 Å². The van der Waals surface area contributed by atoms with Crippen LogP contribution in [0.1, 0.15) is 41.8 Å². The van der Waals surface area contributed by atoms with E-state index in [9.17, 15) is 18.0 Å². The number of hydrogen-bond donors (Lipinski definition) is 2. The zero-order valence-corrected chi connectivity index (χ0v) is 19.0. The van der Waals surface area contributed by atoms with Gasteiger partial charge in [-0.15, -0.1) is 0 Å². The van der Waals surface area contributed by atoms with Crippen LogP contribution in [0, 0.1) is 17.2 Å². The summed E-state index contributed by atoms with van der Waals surface area (Å²) in [5, 5.41) is 7.82. The minimum atomic E-state index is -4.55. The fraction of sp³-hybridized carbons (Fsp3) is 0.348. The van der Waals surface area contributed by atoms with Crippen molar-refractivity contribution in [3.8, 4) is 0 Å². The van der Waals surface area contributed by atoms with Crippen molar-refractivity contribution in [1.29, 1.82) is 5.41 Å². The van der Waals surface area contributed by atoms with Gasteiger partial charge in [0.25, 0.3) is 11.9 Å². The van der Waals surface area contributed by atoms with Crippen LogP contribution in [0.4, 0.5) is 13.2 Å². The molecule has 2 atom stereocenters. The van der Waals surface area contributed by atoms with Crippen molar-refractivity contribution >= 4 is 29.8 Å². The van der Waals surface area contributed by atoms with Gasteiger partial charge in [0, 0.05) is 29.1 Å². The van der Waals surface area contributed by atoms with E-state index in [-0.39, 0.29) is 11.1 Å². The number of hydrogen-bond acceptors (Lipinski definition) is 5. The molecule has 1 heterocycles. The predicted octanol–water partition coefficient (Wildman–Crippen LogP) is 5.19. The van der Waals surface area contributed by atoms with E-state index in [0.717, 1.165) is 36.2 Å². The Labute approximate surface area is 194 Å². The highest BCUT2D eigenvalue weighted by molar-refractivity contribution is 7.97. The zero-order valence-electron chi connectivity index (χ0n) is 18.2. The van der Waals surface area contributed by atoms with Crippen molar-refractivity contribution in [2.45, 2.75) is 31.3 Å². The summed E-state index contributed by atoms with van der Waals surface area (Å²) in [7, 11) is 0. The maximum Gasteiger partial charge on any atom is 0.416 e. The van der Waals surface area contributed by atoms with E-state index in [1.165, 1.54) is 12.5 Å². The number of amides is 1. The fourth-order valence-corrected chi connectivity index (χ4v) is 4.89. The molecule has 1 aliphatic heterocycles. The predicted molar refractivity (Wildman–Crippen MR) is 122 cm³/mol. The number of alkyl halides is 3. The quantitative estimate of drug-likeness (QED) is 0.359. The fourth-order valence-electron chi connectivity index (χ4n) is 3.68. The zero-order chi connectivity index (χ0) is 24.2. The Hall–Kier alpha value is -2.85. The van der Waals surface area contributed by atoms with Crippen LogP contribution in [0.15, 0.2) is 58.4 Å². The topological polar surface area (TPSA) is 91.8 Å². The third kappa shape index (κ3) is 7.06. The van der Waals surface area contributed by atoms with Crippen molar-refractivity contribution in [3.05, 3.63) is 65.2 Å². The lowest BCUT2D eigenvalue weighted by atomic mass is 9.94. The van der Waals surface area contributed by atoms with E-state index in [1.54, 1.807) is 24.1 Å². The Morgan fingerprint density at radius 2 is 1.76 bits per heavy atom. The molecule has 0 aromatic heterocycles. The SMILES string of the molecule is C[C@@H]1C[C@H](C)CN(Sc2ccc(C(=O)N=C(N)OC(=N)c3cccc(C(F)(F)F)c3)cc2)C1. The molecule has 3 N–H and O–H groups in total. The molecule has 0 saturated carbocycles. The Morgan fingerprint density at radius 1 is 1.12 bits per heavy atom. The summed E-state index contributed by atoms with van der Waals surface area (Å²) >= 11 is 1.64. The average Bonchev–Trinajstić information content (AvgIpc) is 2.73. The number of carbonyl (C=O) groups excluding carboxylic acids is 1. The van der Waals surface area contributed by atoms with Gasteiger partial charge in [-0.1, -0.05) is 19.9 Å². The lowest BCUT2D eigenvalue weighted by Gasteiger charge is -2.33. The van der Waals surface area contributed by atoms with Crippen LogP contribution in [-0.2, 0) is 10.9 Å². The molecule has 6 nitrogen and oxygen atoms in total. The number of halogens is 3. The number of nitrogens with one attached hydrogen (secondary N) is 1. The summed E-state index contributed by atoms with van der Waals surface area (Å²) in [4.78, 5) is 17.0. The lowest BCUT2D eigenvalue weighted by Crippen LogP contribution is -2.33. The van der Waals surface area contributed by atoms with E-state index in [0.29, 0.717) is 11.8 Å². The second-order valence-corrected chi connectivity index (χ2v) is 9.34. The normalized spacial score (nSPS) is 19.8. The van der Waals surface area contributed by atoms with Crippen molar-refractivity contribution in [3.63, 3.8) is 0 Å². The van der Waals surface area contributed by atoms with E-state index in [2.05, 4.69) is 23.1 Å². The number of aliphatic imine (C=N–C) groups is 1. The molecule has 2 aromatic rings. The summed E-state index contributed by atoms with van der Waals surface area (Å²) < 4.78 is 45.8. The number of benzene rings is 2. The van der Waals surface area contributed by atoms with Crippen LogP contribution in [0.25, 0.3) is 0 Å². The number of nitrogens with zero attached hydrogens (tertiary/aromatic N) is 2. The van der Waals surface area contributed by atoms with Gasteiger partial charge >= 0.3 is 6.18 Å². The number of ether oxygens (including phenoxy) is 1. The Bertz CT molecular complexity index is 1030. The van der Waals surface area contributed by atoms with Crippen LogP contribution < -0.4 is 5.73 Å². The Balaban J connectivity index is 1.60. The standard InChI is InChI=1S/C23H25F3N4O2S/c1-14-10-15(2)13-30(12-14)33-19-8-6-16(7-9-19)21(31)29-22(28)32-20(27)17-4-3-5-18(11-17)23(24,25)26/h3-9,11,14-15,27H,10,12-13H2,1-2H3,(H2,28,29,31)/t14-,15+. The van der Waals surface area contributed by atoms with E-state index in [1.807, 2.05) is 12.1 Å². The average molecular weight is 479 g/mol. The molecule has 0 bridgehead atoms. The molecule has 0 aliphatic carbocycles. The second kappa shape index (κ2) is 10.4. The highest BCUT2D eigenvalue weighted by atomic mass is 32.2. The molecule has 1 saturated heterocycles. The molecule has 0 spiro atoms. The molecular weight excluding hydrogens is 453 g/mol. The number of carbonyl (C=O) groups is 1. The van der Waals surface area contributed by atoms with Gasteiger partial charge in [-0.3, -0.25) is 10.2 Å². The van der Waals surface area contributed by atoms with Crippen LogP contribution in [0.5, 0.6) is 0 Å². The van der Waals surface area contributed by atoms with Gasteiger partial charge in [-0.25, -0.2) is 4.31 Å². The molecule has 176 valence electrons. The maximum absolute atomic E-state index is 12.8. The van der Waals surface area contributed by atoms with E-state index < -0.39 is 29.6 Å². The molecule has 1 fully saturated rings. The highest BCUT2D eigenvalue weighted by Gasteiger charge is 2.30. The van der Waals surface area contributed by atoms with Crippen molar-refractivity contribution in [2.24, 2.45) is 22.6 Å².